The van der Waals surface area contributed by atoms with Crippen LogP contribution in [0.1, 0.15) is 31.7 Å². The summed E-state index contributed by atoms with van der Waals surface area (Å²) in [5, 5.41) is 6.03. The molecule has 0 aromatic heterocycles. The molecule has 0 radical (unpaired) electrons. The minimum Gasteiger partial charge on any atom is -0.494 e. The van der Waals surface area contributed by atoms with Crippen molar-refractivity contribution in [1.82, 2.24) is 5.32 Å². The summed E-state index contributed by atoms with van der Waals surface area (Å²) in [6, 6.07) is 18.2. The summed E-state index contributed by atoms with van der Waals surface area (Å²) in [4.78, 5) is 11.7. The molecule has 25 heavy (non-hydrogen) atoms. The fourth-order valence-corrected chi connectivity index (χ4v) is 2.46. The molecule has 134 valence electrons. The summed E-state index contributed by atoms with van der Waals surface area (Å²) in [5.74, 6) is 0.840. The van der Waals surface area contributed by atoms with Crippen LogP contribution in [-0.2, 0) is 11.2 Å². The number of hydrogen-bond donors (Lipinski definition) is 2. The van der Waals surface area contributed by atoms with E-state index < -0.39 is 0 Å². The maximum atomic E-state index is 11.7. The van der Waals surface area contributed by atoms with Gasteiger partial charge in [-0.1, -0.05) is 49.7 Å². The van der Waals surface area contributed by atoms with Crippen molar-refractivity contribution in [3.8, 4) is 5.75 Å². The van der Waals surface area contributed by atoms with E-state index in [0.29, 0.717) is 6.61 Å². The third-order valence-electron chi connectivity index (χ3n) is 3.86. The molecule has 0 saturated carbocycles. The van der Waals surface area contributed by atoms with Crippen LogP contribution in [0, 0.1) is 0 Å². The van der Waals surface area contributed by atoms with E-state index in [0.717, 1.165) is 43.7 Å². The Hall–Kier alpha value is -2.49. The average molecular weight is 340 g/mol. The van der Waals surface area contributed by atoms with Crippen molar-refractivity contribution >= 4 is 11.6 Å². The molecular formula is C21H28N2O2. The van der Waals surface area contributed by atoms with Gasteiger partial charge < -0.3 is 15.4 Å². The molecule has 1 amide bonds. The average Bonchev–Trinajstić information content (AvgIpc) is 2.65. The molecule has 0 aliphatic rings. The first-order valence-corrected chi connectivity index (χ1v) is 9.05. The molecule has 0 bridgehead atoms. The zero-order valence-electron chi connectivity index (χ0n) is 15.0. The van der Waals surface area contributed by atoms with Crippen LogP contribution in [0.5, 0.6) is 5.75 Å². The molecule has 2 N–H and O–H groups in total. The largest absolute Gasteiger partial charge is 0.494 e. The van der Waals surface area contributed by atoms with Gasteiger partial charge in [-0.2, -0.15) is 0 Å². The van der Waals surface area contributed by atoms with Crippen molar-refractivity contribution in [2.24, 2.45) is 0 Å². The van der Waals surface area contributed by atoms with E-state index in [9.17, 15) is 4.79 Å². The van der Waals surface area contributed by atoms with Gasteiger partial charge in [0.05, 0.1) is 13.2 Å². The molecule has 4 heteroatoms. The minimum atomic E-state index is 0.0163. The van der Waals surface area contributed by atoms with E-state index in [-0.39, 0.29) is 12.5 Å². The first-order chi connectivity index (χ1) is 12.3. The van der Waals surface area contributed by atoms with Gasteiger partial charge in [0.15, 0.2) is 0 Å². The predicted molar refractivity (Wildman–Crippen MR) is 103 cm³/mol. The van der Waals surface area contributed by atoms with Gasteiger partial charge >= 0.3 is 0 Å². The van der Waals surface area contributed by atoms with Crippen LogP contribution in [0.3, 0.4) is 0 Å². The second-order valence-corrected chi connectivity index (χ2v) is 6.02. The van der Waals surface area contributed by atoms with Gasteiger partial charge in [0.25, 0.3) is 0 Å². The Morgan fingerprint density at radius 1 is 1.04 bits per heavy atom. The monoisotopic (exact) mass is 340 g/mol. The van der Waals surface area contributed by atoms with E-state index in [4.69, 9.17) is 4.74 Å². The van der Waals surface area contributed by atoms with Crippen molar-refractivity contribution in [3.63, 3.8) is 0 Å². The Kier molecular flexibility index (Phi) is 8.39. The number of hydrogen-bond acceptors (Lipinski definition) is 3. The molecule has 2 aromatic carbocycles. The van der Waals surface area contributed by atoms with Gasteiger partial charge in [0.2, 0.25) is 5.91 Å². The second-order valence-electron chi connectivity index (χ2n) is 6.02. The van der Waals surface area contributed by atoms with Gasteiger partial charge in [0, 0.05) is 18.3 Å². The second kappa shape index (κ2) is 11.1. The summed E-state index contributed by atoms with van der Waals surface area (Å²) < 4.78 is 5.81. The van der Waals surface area contributed by atoms with Gasteiger partial charge in [0.1, 0.15) is 5.75 Å². The molecule has 2 aromatic rings. The summed E-state index contributed by atoms with van der Waals surface area (Å²) in [5.41, 5.74) is 2.22. The Morgan fingerprint density at radius 3 is 2.68 bits per heavy atom. The predicted octanol–water partition coefficient (Wildman–Crippen LogP) is 4.03. The first kappa shape index (κ1) is 18.8. The Morgan fingerprint density at radius 2 is 1.88 bits per heavy atom. The molecule has 0 heterocycles. The number of aryl methyl sites for hydroxylation is 1. The van der Waals surface area contributed by atoms with Crippen molar-refractivity contribution in [3.05, 3.63) is 60.2 Å². The molecule has 0 aliphatic carbocycles. The SMILES string of the molecule is CCCCNC(=O)CNc1cccc(OCCCc2ccccc2)c1. The van der Waals surface area contributed by atoms with E-state index in [2.05, 4.69) is 41.8 Å². The third kappa shape index (κ3) is 7.75. The van der Waals surface area contributed by atoms with Crippen LogP contribution < -0.4 is 15.4 Å². The number of carbonyl (C=O) groups is 1. The van der Waals surface area contributed by atoms with E-state index in [1.165, 1.54) is 5.56 Å². The first-order valence-electron chi connectivity index (χ1n) is 9.05. The summed E-state index contributed by atoms with van der Waals surface area (Å²) in [6.45, 7) is 3.80. The van der Waals surface area contributed by atoms with Crippen LogP contribution in [0.4, 0.5) is 5.69 Å². The molecule has 0 atom stereocenters. The Labute approximate surface area is 150 Å². The molecule has 0 aliphatic heterocycles. The molecule has 0 spiro atoms. The molecule has 4 nitrogen and oxygen atoms in total. The lowest BCUT2D eigenvalue weighted by Gasteiger charge is -2.10. The molecule has 0 fully saturated rings. The number of benzene rings is 2. The molecule has 0 unspecified atom stereocenters. The smallest absolute Gasteiger partial charge is 0.239 e. The number of rotatable bonds is 11. The lowest BCUT2D eigenvalue weighted by atomic mass is 10.1. The lowest BCUT2D eigenvalue weighted by molar-refractivity contribution is -0.119. The fourth-order valence-electron chi connectivity index (χ4n) is 2.46. The highest BCUT2D eigenvalue weighted by atomic mass is 16.5. The quantitative estimate of drug-likeness (QED) is 0.607. The Bertz CT molecular complexity index is 629. The van der Waals surface area contributed by atoms with Gasteiger partial charge in [-0.3, -0.25) is 4.79 Å². The normalized spacial score (nSPS) is 10.3. The number of ether oxygens (including phenoxy) is 1. The third-order valence-corrected chi connectivity index (χ3v) is 3.86. The number of amides is 1. The van der Waals surface area contributed by atoms with Gasteiger partial charge in [-0.05, 0) is 37.0 Å². The molecular weight excluding hydrogens is 312 g/mol. The van der Waals surface area contributed by atoms with Crippen LogP contribution in [0.25, 0.3) is 0 Å². The highest BCUT2D eigenvalue weighted by molar-refractivity contribution is 5.80. The topological polar surface area (TPSA) is 50.4 Å². The highest BCUT2D eigenvalue weighted by Crippen LogP contribution is 2.17. The van der Waals surface area contributed by atoms with Crippen LogP contribution in [-0.4, -0.2) is 25.6 Å². The summed E-state index contributed by atoms with van der Waals surface area (Å²) in [7, 11) is 0. The minimum absolute atomic E-state index is 0.0163. The molecule has 0 saturated heterocycles. The van der Waals surface area contributed by atoms with Crippen molar-refractivity contribution in [2.45, 2.75) is 32.6 Å². The number of nitrogens with one attached hydrogen (secondary N) is 2. The van der Waals surface area contributed by atoms with Gasteiger partial charge in [-0.15, -0.1) is 0 Å². The fraction of sp³-hybridized carbons (Fsp3) is 0.381. The van der Waals surface area contributed by atoms with Crippen molar-refractivity contribution < 1.29 is 9.53 Å². The maximum absolute atomic E-state index is 11.7. The molecule has 2 rings (SSSR count). The summed E-state index contributed by atoms with van der Waals surface area (Å²) >= 11 is 0. The Balaban J connectivity index is 1.68. The lowest BCUT2D eigenvalue weighted by Crippen LogP contribution is -2.30. The number of anilines is 1. The van der Waals surface area contributed by atoms with E-state index in [1.54, 1.807) is 0 Å². The standard InChI is InChI=1S/C21H28N2O2/c1-2-3-14-22-21(24)17-23-19-12-7-13-20(16-19)25-15-8-11-18-9-5-4-6-10-18/h4-7,9-10,12-13,16,23H,2-3,8,11,14-15,17H2,1H3,(H,22,24). The van der Waals surface area contributed by atoms with Crippen LogP contribution >= 0.6 is 0 Å². The number of carbonyl (C=O) groups excluding carboxylic acids is 1. The van der Waals surface area contributed by atoms with Crippen LogP contribution in [0.2, 0.25) is 0 Å². The van der Waals surface area contributed by atoms with Crippen molar-refractivity contribution in [1.29, 1.82) is 0 Å². The van der Waals surface area contributed by atoms with E-state index in [1.807, 2.05) is 30.3 Å². The van der Waals surface area contributed by atoms with Gasteiger partial charge in [-0.25, -0.2) is 0 Å². The zero-order valence-corrected chi connectivity index (χ0v) is 15.0. The van der Waals surface area contributed by atoms with Crippen molar-refractivity contribution in [2.75, 3.05) is 25.0 Å². The maximum Gasteiger partial charge on any atom is 0.239 e. The van der Waals surface area contributed by atoms with Crippen LogP contribution in [0.15, 0.2) is 54.6 Å². The van der Waals surface area contributed by atoms with E-state index >= 15 is 0 Å². The highest BCUT2D eigenvalue weighted by Gasteiger charge is 2.02. The number of unbranched alkanes of at least 4 members (excludes halogenated alkanes) is 1. The summed E-state index contributed by atoms with van der Waals surface area (Å²) in [6.07, 6.45) is 4.08. The zero-order chi connectivity index (χ0) is 17.7.